The van der Waals surface area contributed by atoms with Gasteiger partial charge in [0.2, 0.25) is 11.0 Å². The van der Waals surface area contributed by atoms with Crippen molar-refractivity contribution in [1.82, 2.24) is 15.5 Å². The molecule has 1 atom stereocenters. The molecule has 122 valence electrons. The van der Waals surface area contributed by atoms with Gasteiger partial charge in [-0.15, -0.1) is 10.2 Å². The summed E-state index contributed by atoms with van der Waals surface area (Å²) in [6.45, 7) is 2.03. The summed E-state index contributed by atoms with van der Waals surface area (Å²) in [4.78, 5) is 12.0. The van der Waals surface area contributed by atoms with E-state index >= 15 is 0 Å². The van der Waals surface area contributed by atoms with E-state index in [0.717, 1.165) is 17.1 Å². The molecular weight excluding hydrogens is 336 g/mol. The van der Waals surface area contributed by atoms with Crippen LogP contribution in [0.5, 0.6) is 0 Å². The quantitative estimate of drug-likeness (QED) is 0.861. The molecule has 1 aromatic carbocycles. The average Bonchev–Trinajstić information content (AvgIpc) is 2.95. The van der Waals surface area contributed by atoms with Crippen LogP contribution < -0.4 is 10.6 Å². The maximum Gasteiger partial charge on any atom is 0.227 e. The second-order valence-electron chi connectivity index (χ2n) is 5.29. The summed E-state index contributed by atoms with van der Waals surface area (Å²) in [5.41, 5.74) is 1.06. The summed E-state index contributed by atoms with van der Waals surface area (Å²) < 4.78 is 5.33. The highest BCUT2D eigenvalue weighted by Gasteiger charge is 2.18. The zero-order chi connectivity index (χ0) is 16.1. The molecule has 6 nitrogen and oxygen atoms in total. The molecule has 1 saturated heterocycles. The van der Waals surface area contributed by atoms with Gasteiger partial charge in [-0.25, -0.2) is 0 Å². The number of ether oxygens (including phenoxy) is 1. The van der Waals surface area contributed by atoms with Crippen LogP contribution in [0.15, 0.2) is 24.3 Å². The van der Waals surface area contributed by atoms with Gasteiger partial charge in [-0.3, -0.25) is 4.79 Å². The number of rotatable bonds is 5. The molecule has 0 bridgehead atoms. The highest BCUT2D eigenvalue weighted by molar-refractivity contribution is 7.15. The molecule has 1 aliphatic heterocycles. The Bertz CT molecular complexity index is 673. The Kier molecular flexibility index (Phi) is 5.56. The van der Waals surface area contributed by atoms with Crippen molar-refractivity contribution in [3.05, 3.63) is 39.9 Å². The molecule has 1 unspecified atom stereocenters. The molecule has 1 fully saturated rings. The van der Waals surface area contributed by atoms with E-state index in [2.05, 4.69) is 20.8 Å². The minimum atomic E-state index is -0.0848. The zero-order valence-corrected chi connectivity index (χ0v) is 14.0. The van der Waals surface area contributed by atoms with Gasteiger partial charge in [-0.05, 0) is 17.7 Å². The molecule has 23 heavy (non-hydrogen) atoms. The van der Waals surface area contributed by atoms with Crippen molar-refractivity contribution in [3.8, 4) is 0 Å². The number of anilines is 1. The fourth-order valence-electron chi connectivity index (χ4n) is 2.34. The van der Waals surface area contributed by atoms with Crippen molar-refractivity contribution in [1.29, 1.82) is 0 Å². The molecule has 0 saturated carbocycles. The van der Waals surface area contributed by atoms with Crippen LogP contribution in [0.1, 0.15) is 17.0 Å². The topological polar surface area (TPSA) is 76.1 Å². The Hall–Kier alpha value is -1.54. The first-order chi connectivity index (χ1) is 11.2. The van der Waals surface area contributed by atoms with Crippen LogP contribution in [0.25, 0.3) is 0 Å². The SMILES string of the molecule is O=C(CC1COCCN1)Nc1nnc(Cc2cccc(Cl)c2)s1. The Morgan fingerprint density at radius 1 is 1.48 bits per heavy atom. The smallest absolute Gasteiger partial charge is 0.227 e. The predicted octanol–water partition coefficient (Wildman–Crippen LogP) is 2.10. The normalized spacial score (nSPS) is 17.9. The van der Waals surface area contributed by atoms with Gasteiger partial charge >= 0.3 is 0 Å². The summed E-state index contributed by atoms with van der Waals surface area (Å²) in [6.07, 6.45) is 1.01. The molecule has 0 aliphatic carbocycles. The molecule has 1 amide bonds. The van der Waals surface area contributed by atoms with Crippen LogP contribution >= 0.6 is 22.9 Å². The Balaban J connectivity index is 1.53. The molecule has 3 rings (SSSR count). The minimum absolute atomic E-state index is 0.0580. The fourth-order valence-corrected chi connectivity index (χ4v) is 3.35. The number of hydrogen-bond donors (Lipinski definition) is 2. The average molecular weight is 353 g/mol. The van der Waals surface area contributed by atoms with Gasteiger partial charge in [-0.2, -0.15) is 0 Å². The maximum absolute atomic E-state index is 12.0. The third-order valence-electron chi connectivity index (χ3n) is 3.39. The van der Waals surface area contributed by atoms with Crippen molar-refractivity contribution in [2.45, 2.75) is 18.9 Å². The van der Waals surface area contributed by atoms with Crippen molar-refractivity contribution in [2.75, 3.05) is 25.1 Å². The molecular formula is C15H17ClN4O2S. The molecule has 2 heterocycles. The Morgan fingerprint density at radius 3 is 3.17 bits per heavy atom. The van der Waals surface area contributed by atoms with Crippen molar-refractivity contribution < 1.29 is 9.53 Å². The molecule has 2 N–H and O–H groups in total. The number of carbonyl (C=O) groups excluding carboxylic acids is 1. The van der Waals surface area contributed by atoms with Crippen LogP contribution in [0.4, 0.5) is 5.13 Å². The first-order valence-corrected chi connectivity index (χ1v) is 8.56. The number of hydrogen-bond acceptors (Lipinski definition) is 6. The minimum Gasteiger partial charge on any atom is -0.378 e. The van der Waals surface area contributed by atoms with Crippen molar-refractivity contribution in [2.24, 2.45) is 0 Å². The molecule has 2 aromatic rings. The van der Waals surface area contributed by atoms with Crippen LogP contribution in [-0.2, 0) is 16.0 Å². The molecule has 0 radical (unpaired) electrons. The first-order valence-electron chi connectivity index (χ1n) is 7.37. The molecule has 1 aliphatic rings. The number of amides is 1. The lowest BCUT2D eigenvalue weighted by Gasteiger charge is -2.22. The number of aromatic nitrogens is 2. The van der Waals surface area contributed by atoms with Crippen LogP contribution in [0.2, 0.25) is 5.02 Å². The molecule has 8 heteroatoms. The van der Waals surface area contributed by atoms with Gasteiger partial charge < -0.3 is 15.4 Å². The van der Waals surface area contributed by atoms with Crippen molar-refractivity contribution in [3.63, 3.8) is 0 Å². The maximum atomic E-state index is 12.0. The Labute approximate surface area is 143 Å². The van der Waals surface area contributed by atoms with Gasteiger partial charge in [0.05, 0.1) is 13.2 Å². The van der Waals surface area contributed by atoms with E-state index in [1.54, 1.807) is 0 Å². The van der Waals surface area contributed by atoms with Gasteiger partial charge in [0.15, 0.2) is 0 Å². The lowest BCUT2D eigenvalue weighted by molar-refractivity contribution is -0.117. The first kappa shape index (κ1) is 16.3. The highest BCUT2D eigenvalue weighted by atomic mass is 35.5. The number of nitrogens with zero attached hydrogens (tertiary/aromatic N) is 2. The second-order valence-corrected chi connectivity index (χ2v) is 6.78. The van der Waals surface area contributed by atoms with E-state index in [-0.39, 0.29) is 11.9 Å². The summed E-state index contributed by atoms with van der Waals surface area (Å²) in [6, 6.07) is 7.68. The monoisotopic (exact) mass is 352 g/mol. The third-order valence-corrected chi connectivity index (χ3v) is 4.46. The zero-order valence-electron chi connectivity index (χ0n) is 12.4. The number of benzene rings is 1. The highest BCUT2D eigenvalue weighted by Crippen LogP contribution is 2.20. The standard InChI is InChI=1S/C15H17ClN4O2S/c16-11-3-1-2-10(6-11)7-14-19-20-15(23-14)18-13(21)8-12-9-22-5-4-17-12/h1-3,6,12,17H,4-5,7-9H2,(H,18,20,21). The van der Waals surface area contributed by atoms with E-state index in [9.17, 15) is 4.79 Å². The fraction of sp³-hybridized carbons (Fsp3) is 0.400. The molecule has 0 spiro atoms. The van der Waals surface area contributed by atoms with E-state index in [0.29, 0.717) is 36.2 Å². The lowest BCUT2D eigenvalue weighted by atomic mass is 10.2. The summed E-state index contributed by atoms with van der Waals surface area (Å²) >= 11 is 7.35. The lowest BCUT2D eigenvalue weighted by Crippen LogP contribution is -2.43. The van der Waals surface area contributed by atoms with Gasteiger partial charge in [-0.1, -0.05) is 35.1 Å². The van der Waals surface area contributed by atoms with Crippen molar-refractivity contribution >= 4 is 34.0 Å². The van der Waals surface area contributed by atoms with Crippen LogP contribution in [0.3, 0.4) is 0 Å². The summed E-state index contributed by atoms with van der Waals surface area (Å²) in [7, 11) is 0. The van der Waals surface area contributed by atoms with E-state index in [4.69, 9.17) is 16.3 Å². The summed E-state index contributed by atoms with van der Waals surface area (Å²) in [5, 5.41) is 16.2. The van der Waals surface area contributed by atoms with Crippen LogP contribution in [-0.4, -0.2) is 41.9 Å². The second kappa shape index (κ2) is 7.83. The van der Waals surface area contributed by atoms with E-state index in [1.165, 1.54) is 11.3 Å². The largest absolute Gasteiger partial charge is 0.378 e. The van der Waals surface area contributed by atoms with E-state index in [1.807, 2.05) is 24.3 Å². The third kappa shape index (κ3) is 4.97. The number of nitrogens with one attached hydrogen (secondary N) is 2. The number of carbonyl (C=O) groups is 1. The van der Waals surface area contributed by atoms with E-state index < -0.39 is 0 Å². The molecule has 1 aromatic heterocycles. The van der Waals surface area contributed by atoms with Gasteiger partial charge in [0, 0.05) is 30.5 Å². The summed E-state index contributed by atoms with van der Waals surface area (Å²) in [5.74, 6) is -0.0848. The number of halogens is 1. The van der Waals surface area contributed by atoms with Gasteiger partial charge in [0.25, 0.3) is 0 Å². The number of morpholine rings is 1. The van der Waals surface area contributed by atoms with Gasteiger partial charge in [0.1, 0.15) is 5.01 Å². The van der Waals surface area contributed by atoms with Crippen LogP contribution in [0, 0.1) is 0 Å². The predicted molar refractivity (Wildman–Crippen MR) is 90.0 cm³/mol. The Morgan fingerprint density at radius 2 is 2.39 bits per heavy atom.